The molecule has 0 bridgehead atoms. The van der Waals surface area contributed by atoms with Gasteiger partial charge in [0, 0.05) is 62.4 Å². The number of phenols is 1. The first-order valence-corrected chi connectivity index (χ1v) is 11.2. The zero-order valence-electron chi connectivity index (χ0n) is 19.1. The number of halogens is 1. The van der Waals surface area contributed by atoms with Gasteiger partial charge in [-0.2, -0.15) is 0 Å². The van der Waals surface area contributed by atoms with E-state index in [1.807, 2.05) is 37.4 Å². The molecule has 0 radical (unpaired) electrons. The first kappa shape index (κ1) is 21.8. The third-order valence-electron chi connectivity index (χ3n) is 6.26. The Hall–Kier alpha value is -4.07. The molecule has 2 aliphatic rings. The fraction of sp³-hybridized carbons (Fsp3) is 0.231. The molecule has 1 saturated heterocycles. The second-order valence-corrected chi connectivity index (χ2v) is 8.56. The van der Waals surface area contributed by atoms with E-state index in [2.05, 4.69) is 15.2 Å². The van der Waals surface area contributed by atoms with E-state index in [4.69, 9.17) is 0 Å². The van der Waals surface area contributed by atoms with Gasteiger partial charge in [0.15, 0.2) is 0 Å². The number of urea groups is 1. The Balaban J connectivity index is 1.48. The van der Waals surface area contributed by atoms with Gasteiger partial charge >= 0.3 is 6.03 Å². The van der Waals surface area contributed by atoms with E-state index >= 15 is 4.39 Å². The van der Waals surface area contributed by atoms with E-state index in [-0.39, 0.29) is 17.5 Å². The SMILES string of the molecule is CC1=CN(c2cc(-c3cccc(-c4ccc(N5CCN(C)C5=O)c(F)c4)c3O)ccn2)CCN1. The van der Waals surface area contributed by atoms with Crippen LogP contribution in [0.2, 0.25) is 0 Å². The lowest BCUT2D eigenvalue weighted by molar-refractivity contribution is 0.229. The van der Waals surface area contributed by atoms with Crippen LogP contribution in [0.4, 0.5) is 20.7 Å². The highest BCUT2D eigenvalue weighted by Crippen LogP contribution is 2.40. The summed E-state index contributed by atoms with van der Waals surface area (Å²) < 4.78 is 15.0. The Morgan fingerprint density at radius 3 is 2.47 bits per heavy atom. The molecule has 1 aromatic heterocycles. The zero-order chi connectivity index (χ0) is 23.8. The molecule has 0 spiro atoms. The summed E-state index contributed by atoms with van der Waals surface area (Å²) >= 11 is 0. The molecule has 0 unspecified atom stereocenters. The maximum Gasteiger partial charge on any atom is 0.324 e. The van der Waals surface area contributed by atoms with E-state index < -0.39 is 5.82 Å². The van der Waals surface area contributed by atoms with Crippen molar-refractivity contribution in [3.63, 3.8) is 0 Å². The van der Waals surface area contributed by atoms with E-state index in [1.54, 1.807) is 36.3 Å². The minimum atomic E-state index is -0.502. The highest BCUT2D eigenvalue weighted by molar-refractivity contribution is 5.94. The predicted octanol–water partition coefficient (Wildman–Crippen LogP) is 4.40. The van der Waals surface area contributed by atoms with Crippen LogP contribution in [0.1, 0.15) is 6.92 Å². The Kier molecular flexibility index (Phi) is 5.57. The van der Waals surface area contributed by atoms with Gasteiger partial charge in [-0.25, -0.2) is 14.2 Å². The second-order valence-electron chi connectivity index (χ2n) is 8.56. The van der Waals surface area contributed by atoms with Crippen LogP contribution < -0.4 is 15.1 Å². The average Bonchev–Trinajstić information content (AvgIpc) is 3.17. The van der Waals surface area contributed by atoms with Crippen molar-refractivity contribution >= 4 is 17.5 Å². The maximum absolute atomic E-state index is 15.0. The van der Waals surface area contributed by atoms with Gasteiger partial charge in [-0.3, -0.25) is 4.90 Å². The molecule has 2 amide bonds. The van der Waals surface area contributed by atoms with Gasteiger partial charge in [-0.1, -0.05) is 24.3 Å². The fourth-order valence-electron chi connectivity index (χ4n) is 4.41. The number of anilines is 2. The molecule has 3 aromatic rings. The number of rotatable bonds is 4. The van der Waals surface area contributed by atoms with Crippen LogP contribution in [0, 0.1) is 5.82 Å². The van der Waals surface area contributed by atoms with Gasteiger partial charge in [0.2, 0.25) is 0 Å². The first-order chi connectivity index (χ1) is 16.4. The van der Waals surface area contributed by atoms with Crippen LogP contribution in [0.15, 0.2) is 66.6 Å². The number of aromatic hydroxyl groups is 1. The smallest absolute Gasteiger partial charge is 0.324 e. The van der Waals surface area contributed by atoms with Crippen molar-refractivity contribution in [3.05, 3.63) is 72.4 Å². The molecule has 7 nitrogen and oxygen atoms in total. The molecule has 5 rings (SSSR count). The molecule has 0 atom stereocenters. The van der Waals surface area contributed by atoms with Gasteiger partial charge in [0.05, 0.1) is 5.69 Å². The minimum absolute atomic E-state index is 0.0656. The molecular formula is C26H26FN5O2. The Morgan fingerprint density at radius 1 is 1.03 bits per heavy atom. The van der Waals surface area contributed by atoms with Crippen LogP contribution in [-0.4, -0.2) is 54.2 Å². The summed E-state index contributed by atoms with van der Waals surface area (Å²) in [5.74, 6) is 0.354. The van der Waals surface area contributed by atoms with Crippen molar-refractivity contribution in [2.75, 3.05) is 43.0 Å². The monoisotopic (exact) mass is 459 g/mol. The standard InChI is InChI=1S/C26H26FN5O2/c1-17-16-31(11-10-28-17)24-15-19(8-9-29-24)21-5-3-4-20(25(21)33)18-6-7-23(22(27)14-18)32-13-12-30(2)26(32)34/h3-9,14-16,28,33H,10-13H2,1-2H3. The molecule has 2 aromatic carbocycles. The van der Waals surface area contributed by atoms with Gasteiger partial charge in [0.1, 0.15) is 17.4 Å². The summed E-state index contributed by atoms with van der Waals surface area (Å²) in [7, 11) is 1.70. The van der Waals surface area contributed by atoms with Crippen LogP contribution >= 0.6 is 0 Å². The fourth-order valence-corrected chi connectivity index (χ4v) is 4.41. The number of amides is 2. The number of carbonyl (C=O) groups is 1. The van der Waals surface area contributed by atoms with Crippen LogP contribution in [0.25, 0.3) is 22.3 Å². The molecule has 8 heteroatoms. The molecule has 2 aliphatic heterocycles. The summed E-state index contributed by atoms with van der Waals surface area (Å²) in [4.78, 5) is 21.8. The zero-order valence-corrected chi connectivity index (χ0v) is 19.1. The summed E-state index contributed by atoms with van der Waals surface area (Å²) in [5.41, 5.74) is 3.82. The third-order valence-corrected chi connectivity index (χ3v) is 6.26. The molecule has 174 valence electrons. The van der Waals surface area contributed by atoms with Crippen LogP contribution in [0.5, 0.6) is 5.75 Å². The maximum atomic E-state index is 15.0. The minimum Gasteiger partial charge on any atom is -0.507 e. The molecular weight excluding hydrogens is 433 g/mol. The number of carbonyl (C=O) groups excluding carboxylic acids is 1. The normalized spacial score (nSPS) is 16.0. The highest BCUT2D eigenvalue weighted by atomic mass is 19.1. The third kappa shape index (κ3) is 3.91. The number of hydrogen-bond acceptors (Lipinski definition) is 5. The second kappa shape index (κ2) is 8.70. The Bertz CT molecular complexity index is 1290. The number of likely N-dealkylation sites (N-methyl/N-ethyl adjacent to an activating group) is 1. The van der Waals surface area contributed by atoms with Crippen molar-refractivity contribution in [1.82, 2.24) is 15.2 Å². The van der Waals surface area contributed by atoms with Crippen molar-refractivity contribution < 1.29 is 14.3 Å². The number of benzene rings is 2. The molecule has 1 fully saturated rings. The number of para-hydroxylation sites is 1. The molecule has 2 N–H and O–H groups in total. The van der Waals surface area contributed by atoms with Crippen molar-refractivity contribution in [3.8, 4) is 28.0 Å². The number of pyridine rings is 1. The number of allylic oxidation sites excluding steroid dienone is 1. The largest absolute Gasteiger partial charge is 0.507 e. The lowest BCUT2D eigenvalue weighted by Gasteiger charge is -2.26. The number of aromatic nitrogens is 1. The highest BCUT2D eigenvalue weighted by Gasteiger charge is 2.28. The number of nitrogens with zero attached hydrogens (tertiary/aromatic N) is 4. The Labute approximate surface area is 197 Å². The van der Waals surface area contributed by atoms with Gasteiger partial charge in [-0.05, 0) is 42.3 Å². The lowest BCUT2D eigenvalue weighted by Crippen LogP contribution is -2.34. The van der Waals surface area contributed by atoms with E-state index in [0.29, 0.717) is 29.8 Å². The number of phenolic OH excluding ortho intramolecular Hbond substituents is 1. The quantitative estimate of drug-likeness (QED) is 0.605. The van der Waals surface area contributed by atoms with Gasteiger partial charge in [0.25, 0.3) is 0 Å². The van der Waals surface area contributed by atoms with Crippen molar-refractivity contribution in [2.24, 2.45) is 0 Å². The van der Waals surface area contributed by atoms with E-state index in [0.717, 1.165) is 30.2 Å². The topological polar surface area (TPSA) is 71.9 Å². The molecule has 0 aliphatic carbocycles. The van der Waals surface area contributed by atoms with Crippen molar-refractivity contribution in [2.45, 2.75) is 6.92 Å². The first-order valence-electron chi connectivity index (χ1n) is 11.2. The molecule has 0 saturated carbocycles. The predicted molar refractivity (Wildman–Crippen MR) is 131 cm³/mol. The Morgan fingerprint density at radius 2 is 1.79 bits per heavy atom. The van der Waals surface area contributed by atoms with E-state index in [1.165, 1.54) is 11.0 Å². The van der Waals surface area contributed by atoms with E-state index in [9.17, 15) is 9.90 Å². The summed E-state index contributed by atoms with van der Waals surface area (Å²) in [5, 5.41) is 14.4. The van der Waals surface area contributed by atoms with Crippen LogP contribution in [-0.2, 0) is 0 Å². The number of hydrogen-bond donors (Lipinski definition) is 2. The lowest BCUT2D eigenvalue weighted by atomic mass is 9.97. The summed E-state index contributed by atoms with van der Waals surface area (Å²) in [6, 6.07) is 13.7. The average molecular weight is 460 g/mol. The van der Waals surface area contributed by atoms with Crippen LogP contribution in [0.3, 0.4) is 0 Å². The van der Waals surface area contributed by atoms with Gasteiger partial charge in [-0.15, -0.1) is 0 Å². The summed E-state index contributed by atoms with van der Waals surface area (Å²) in [6.45, 7) is 4.63. The molecule has 3 heterocycles. The van der Waals surface area contributed by atoms with Gasteiger partial charge < -0.3 is 20.2 Å². The molecule has 34 heavy (non-hydrogen) atoms. The number of nitrogens with one attached hydrogen (secondary N) is 1. The van der Waals surface area contributed by atoms with Crippen molar-refractivity contribution in [1.29, 1.82) is 0 Å². The summed E-state index contributed by atoms with van der Waals surface area (Å²) in [6.07, 6.45) is 3.74.